The van der Waals surface area contributed by atoms with Gasteiger partial charge in [-0.1, -0.05) is 55.8 Å². The molecule has 0 aliphatic heterocycles. The summed E-state index contributed by atoms with van der Waals surface area (Å²) in [5.74, 6) is 0.607. The Balaban J connectivity index is 2.02. The van der Waals surface area contributed by atoms with Gasteiger partial charge in [0.1, 0.15) is 0 Å². The number of hydrogen-bond acceptors (Lipinski definition) is 5. The van der Waals surface area contributed by atoms with E-state index < -0.39 is 5.91 Å². The predicted octanol–water partition coefficient (Wildman–Crippen LogP) is 3.10. The molecule has 0 radical (unpaired) electrons. The summed E-state index contributed by atoms with van der Waals surface area (Å²) >= 11 is 6.11. The smallest absolute Gasteiger partial charge is 0.274 e. The minimum atomic E-state index is -0.403. The molecule has 0 aliphatic carbocycles. The molecule has 0 atom stereocenters. The van der Waals surface area contributed by atoms with Crippen LogP contribution in [0.25, 0.3) is 0 Å². The number of amides is 1. The van der Waals surface area contributed by atoms with Gasteiger partial charge in [0, 0.05) is 13.1 Å². The lowest BCUT2D eigenvalue weighted by Crippen LogP contribution is -2.25. The number of hydrogen-bond donors (Lipinski definition) is 3. The van der Waals surface area contributed by atoms with Crippen molar-refractivity contribution in [1.82, 2.24) is 15.3 Å². The van der Waals surface area contributed by atoms with Crippen molar-refractivity contribution in [2.24, 2.45) is 5.92 Å². The first-order valence-electron chi connectivity index (χ1n) is 7.86. The number of carbonyl (C=O) groups is 1. The molecule has 7 heteroatoms. The molecule has 1 heterocycles. The van der Waals surface area contributed by atoms with Crippen LogP contribution in [0, 0.1) is 5.92 Å². The van der Waals surface area contributed by atoms with Gasteiger partial charge in [0.15, 0.2) is 22.5 Å². The van der Waals surface area contributed by atoms with Crippen LogP contribution in [0.5, 0.6) is 0 Å². The Hall–Kier alpha value is -2.34. The molecule has 1 amide bonds. The minimum absolute atomic E-state index is 0.0327. The van der Waals surface area contributed by atoms with Crippen molar-refractivity contribution in [3.05, 3.63) is 46.7 Å². The third-order valence-electron chi connectivity index (χ3n) is 3.41. The summed E-state index contributed by atoms with van der Waals surface area (Å²) in [6.45, 7) is 5.35. The Bertz CT molecular complexity index is 691. The summed E-state index contributed by atoms with van der Waals surface area (Å²) in [4.78, 5) is 20.5. The van der Waals surface area contributed by atoms with Crippen LogP contribution in [-0.2, 0) is 6.54 Å². The fraction of sp³-hybridized carbons (Fsp3) is 0.353. The van der Waals surface area contributed by atoms with E-state index in [4.69, 9.17) is 17.3 Å². The first-order chi connectivity index (χ1) is 11.5. The molecule has 0 saturated carbocycles. The predicted molar refractivity (Wildman–Crippen MR) is 97.0 cm³/mol. The van der Waals surface area contributed by atoms with Crippen molar-refractivity contribution in [3.63, 3.8) is 0 Å². The SMILES string of the molecule is CC(C)CCNc1nc(N)c(C(=O)NCc2ccccc2)nc1Cl. The highest BCUT2D eigenvalue weighted by molar-refractivity contribution is 6.32. The number of anilines is 2. The largest absolute Gasteiger partial charge is 0.382 e. The Morgan fingerprint density at radius 3 is 2.62 bits per heavy atom. The molecule has 0 bridgehead atoms. The van der Waals surface area contributed by atoms with Crippen molar-refractivity contribution >= 4 is 29.1 Å². The van der Waals surface area contributed by atoms with E-state index in [-0.39, 0.29) is 16.7 Å². The number of nitrogens with two attached hydrogens (primary N) is 1. The number of halogens is 1. The summed E-state index contributed by atoms with van der Waals surface area (Å²) in [5, 5.41) is 5.99. The molecule has 128 valence electrons. The molecule has 1 aromatic carbocycles. The maximum absolute atomic E-state index is 12.2. The zero-order valence-electron chi connectivity index (χ0n) is 13.8. The van der Waals surface area contributed by atoms with Crippen LogP contribution in [0.3, 0.4) is 0 Å². The maximum Gasteiger partial charge on any atom is 0.274 e. The lowest BCUT2D eigenvalue weighted by Gasteiger charge is -2.11. The van der Waals surface area contributed by atoms with Gasteiger partial charge in [0.25, 0.3) is 5.91 Å². The second-order valence-corrected chi connectivity index (χ2v) is 6.23. The Kier molecular flexibility index (Phi) is 6.37. The third kappa shape index (κ3) is 5.09. The molecule has 0 aliphatic rings. The van der Waals surface area contributed by atoms with Crippen LogP contribution in [0.2, 0.25) is 5.15 Å². The average Bonchev–Trinajstić information content (AvgIpc) is 2.56. The Morgan fingerprint density at radius 2 is 1.96 bits per heavy atom. The molecule has 0 spiro atoms. The standard InChI is InChI=1S/C17H22ClN5O/c1-11(2)8-9-20-16-14(18)22-13(15(19)23-16)17(24)21-10-12-6-4-3-5-7-12/h3-7,11H,8-10H2,1-2H3,(H,21,24)(H3,19,20,23). The van der Waals surface area contributed by atoms with Gasteiger partial charge >= 0.3 is 0 Å². The lowest BCUT2D eigenvalue weighted by atomic mass is 10.1. The van der Waals surface area contributed by atoms with Crippen molar-refractivity contribution in [3.8, 4) is 0 Å². The summed E-state index contributed by atoms with van der Waals surface area (Å²) in [6.07, 6.45) is 0.969. The number of nitrogens with zero attached hydrogens (tertiary/aromatic N) is 2. The monoisotopic (exact) mass is 347 g/mol. The number of rotatable bonds is 7. The van der Waals surface area contributed by atoms with E-state index in [2.05, 4.69) is 34.4 Å². The Labute approximate surface area is 146 Å². The van der Waals surface area contributed by atoms with Crippen molar-refractivity contribution in [2.75, 3.05) is 17.6 Å². The van der Waals surface area contributed by atoms with Crippen molar-refractivity contribution in [1.29, 1.82) is 0 Å². The topological polar surface area (TPSA) is 92.9 Å². The normalized spacial score (nSPS) is 10.7. The van der Waals surface area contributed by atoms with E-state index in [1.54, 1.807) is 0 Å². The zero-order chi connectivity index (χ0) is 17.5. The van der Waals surface area contributed by atoms with Gasteiger partial charge in [-0.25, -0.2) is 9.97 Å². The highest BCUT2D eigenvalue weighted by Crippen LogP contribution is 2.20. The number of aromatic nitrogens is 2. The molecule has 2 aromatic rings. The summed E-state index contributed by atoms with van der Waals surface area (Å²) in [7, 11) is 0. The molecule has 6 nitrogen and oxygen atoms in total. The number of nitrogens with one attached hydrogen (secondary N) is 2. The highest BCUT2D eigenvalue weighted by Gasteiger charge is 2.16. The highest BCUT2D eigenvalue weighted by atomic mass is 35.5. The van der Waals surface area contributed by atoms with Gasteiger partial charge in [-0.3, -0.25) is 4.79 Å². The molecule has 0 unspecified atom stereocenters. The number of carbonyl (C=O) groups excluding carboxylic acids is 1. The van der Waals surface area contributed by atoms with Gasteiger partial charge in [0.2, 0.25) is 0 Å². The first kappa shape index (κ1) is 18.0. The van der Waals surface area contributed by atoms with Crippen LogP contribution < -0.4 is 16.4 Å². The maximum atomic E-state index is 12.2. The van der Waals surface area contributed by atoms with E-state index in [9.17, 15) is 4.79 Å². The zero-order valence-corrected chi connectivity index (χ0v) is 14.6. The molecule has 0 fully saturated rings. The third-order valence-corrected chi connectivity index (χ3v) is 3.67. The fourth-order valence-corrected chi connectivity index (χ4v) is 2.24. The Morgan fingerprint density at radius 1 is 1.25 bits per heavy atom. The van der Waals surface area contributed by atoms with Crippen LogP contribution in [-0.4, -0.2) is 22.4 Å². The van der Waals surface area contributed by atoms with Crippen molar-refractivity contribution < 1.29 is 4.79 Å². The molecule has 0 saturated heterocycles. The lowest BCUT2D eigenvalue weighted by molar-refractivity contribution is 0.0946. The van der Waals surface area contributed by atoms with Crippen LogP contribution in [0.1, 0.15) is 36.3 Å². The van der Waals surface area contributed by atoms with E-state index in [0.29, 0.717) is 24.8 Å². The molecule has 1 aromatic heterocycles. The van der Waals surface area contributed by atoms with E-state index in [0.717, 1.165) is 12.0 Å². The van der Waals surface area contributed by atoms with Crippen LogP contribution in [0.4, 0.5) is 11.6 Å². The minimum Gasteiger partial charge on any atom is -0.382 e. The van der Waals surface area contributed by atoms with E-state index in [1.807, 2.05) is 30.3 Å². The fourth-order valence-electron chi connectivity index (χ4n) is 2.05. The molecule has 2 rings (SSSR count). The number of nitrogen functional groups attached to an aromatic ring is 1. The second kappa shape index (κ2) is 8.49. The quantitative estimate of drug-likeness (QED) is 0.715. The molecular formula is C17H22ClN5O. The summed E-state index contributed by atoms with van der Waals surface area (Å²) < 4.78 is 0. The average molecular weight is 348 g/mol. The van der Waals surface area contributed by atoms with Gasteiger partial charge < -0.3 is 16.4 Å². The summed E-state index contributed by atoms with van der Waals surface area (Å²) in [6, 6.07) is 9.57. The van der Waals surface area contributed by atoms with E-state index in [1.165, 1.54) is 0 Å². The van der Waals surface area contributed by atoms with Gasteiger partial charge in [-0.15, -0.1) is 0 Å². The van der Waals surface area contributed by atoms with Gasteiger partial charge in [-0.2, -0.15) is 0 Å². The first-order valence-corrected chi connectivity index (χ1v) is 8.24. The summed E-state index contributed by atoms with van der Waals surface area (Å²) in [5.41, 5.74) is 6.87. The molecule has 4 N–H and O–H groups in total. The van der Waals surface area contributed by atoms with Gasteiger partial charge in [-0.05, 0) is 17.9 Å². The van der Waals surface area contributed by atoms with Gasteiger partial charge in [0.05, 0.1) is 0 Å². The van der Waals surface area contributed by atoms with E-state index >= 15 is 0 Å². The number of benzene rings is 1. The van der Waals surface area contributed by atoms with Crippen LogP contribution >= 0.6 is 11.6 Å². The molecular weight excluding hydrogens is 326 g/mol. The van der Waals surface area contributed by atoms with Crippen molar-refractivity contribution in [2.45, 2.75) is 26.8 Å². The second-order valence-electron chi connectivity index (χ2n) is 5.87. The molecule has 24 heavy (non-hydrogen) atoms. The van der Waals surface area contributed by atoms with Crippen LogP contribution in [0.15, 0.2) is 30.3 Å².